The number of nitrogens with one attached hydrogen (secondary N) is 2. The number of hydrogen-bond donors (Lipinski definition) is 2. The average Bonchev–Trinajstić information content (AvgIpc) is 3.13. The second kappa shape index (κ2) is 6.16. The van der Waals surface area contributed by atoms with Gasteiger partial charge in [-0.1, -0.05) is 11.6 Å². The molecule has 0 heterocycles. The van der Waals surface area contributed by atoms with Gasteiger partial charge in [0.15, 0.2) is 0 Å². The Balaban J connectivity index is 1.67. The minimum atomic E-state index is -0.303. The van der Waals surface area contributed by atoms with Crippen molar-refractivity contribution < 1.29 is 9.18 Å². The van der Waals surface area contributed by atoms with Gasteiger partial charge in [0.25, 0.3) is 0 Å². The Morgan fingerprint density at radius 1 is 1.44 bits per heavy atom. The molecule has 98 valence electrons. The van der Waals surface area contributed by atoms with Crippen LogP contribution in [0.25, 0.3) is 0 Å². The number of carbonyl (C=O) groups is 1. The van der Waals surface area contributed by atoms with Gasteiger partial charge in [0.1, 0.15) is 5.82 Å². The van der Waals surface area contributed by atoms with Gasteiger partial charge in [-0.05, 0) is 36.6 Å². The average molecular weight is 271 g/mol. The van der Waals surface area contributed by atoms with Crippen LogP contribution in [-0.2, 0) is 11.3 Å². The summed E-state index contributed by atoms with van der Waals surface area (Å²) in [5.74, 6) is -0.238. The molecule has 0 aromatic heterocycles. The summed E-state index contributed by atoms with van der Waals surface area (Å²) < 4.78 is 13.0. The monoisotopic (exact) mass is 270 g/mol. The number of hydrogen-bond acceptors (Lipinski definition) is 2. The largest absolute Gasteiger partial charge is 0.353 e. The number of amides is 1. The molecule has 3 nitrogen and oxygen atoms in total. The summed E-state index contributed by atoms with van der Waals surface area (Å²) in [7, 11) is 0. The first-order valence-electron chi connectivity index (χ1n) is 6.09. The van der Waals surface area contributed by atoms with Crippen LogP contribution in [0.1, 0.15) is 24.8 Å². The fourth-order valence-corrected chi connectivity index (χ4v) is 1.82. The molecular weight excluding hydrogens is 255 g/mol. The zero-order valence-corrected chi connectivity index (χ0v) is 10.8. The molecule has 0 atom stereocenters. The molecule has 1 aromatic carbocycles. The van der Waals surface area contributed by atoms with E-state index in [1.54, 1.807) is 0 Å². The van der Waals surface area contributed by atoms with Gasteiger partial charge in [0.2, 0.25) is 5.91 Å². The molecule has 0 spiro atoms. The van der Waals surface area contributed by atoms with Gasteiger partial charge < -0.3 is 10.6 Å². The molecule has 1 aliphatic carbocycles. The third kappa shape index (κ3) is 4.27. The summed E-state index contributed by atoms with van der Waals surface area (Å²) in [6, 6.07) is 4.66. The predicted molar refractivity (Wildman–Crippen MR) is 68.9 cm³/mol. The van der Waals surface area contributed by atoms with Crippen LogP contribution >= 0.6 is 11.6 Å². The van der Waals surface area contributed by atoms with Crippen molar-refractivity contribution in [1.29, 1.82) is 0 Å². The number of carbonyl (C=O) groups excluding carboxylic acids is 1. The molecule has 0 aliphatic heterocycles. The summed E-state index contributed by atoms with van der Waals surface area (Å²) in [6.07, 6.45) is 2.62. The first-order chi connectivity index (χ1) is 8.65. The van der Waals surface area contributed by atoms with Crippen molar-refractivity contribution in [3.63, 3.8) is 0 Å². The molecule has 1 fully saturated rings. The summed E-state index contributed by atoms with van der Waals surface area (Å²) in [6.45, 7) is 1.03. The maximum absolute atomic E-state index is 13.0. The molecule has 18 heavy (non-hydrogen) atoms. The minimum Gasteiger partial charge on any atom is -0.353 e. The molecular formula is C13H16ClFN2O. The van der Waals surface area contributed by atoms with Crippen LogP contribution in [0.2, 0.25) is 5.02 Å². The van der Waals surface area contributed by atoms with Gasteiger partial charge >= 0.3 is 0 Å². The molecule has 1 aromatic rings. The normalized spacial score (nSPS) is 14.6. The van der Waals surface area contributed by atoms with Crippen molar-refractivity contribution in [1.82, 2.24) is 10.6 Å². The highest BCUT2D eigenvalue weighted by Gasteiger charge is 2.22. The van der Waals surface area contributed by atoms with E-state index in [-0.39, 0.29) is 11.7 Å². The van der Waals surface area contributed by atoms with E-state index in [1.165, 1.54) is 18.2 Å². The first kappa shape index (κ1) is 13.3. The summed E-state index contributed by atoms with van der Waals surface area (Å²) in [5, 5.41) is 6.52. The summed E-state index contributed by atoms with van der Waals surface area (Å²) in [4.78, 5) is 11.4. The van der Waals surface area contributed by atoms with E-state index in [2.05, 4.69) is 10.6 Å². The van der Waals surface area contributed by atoms with E-state index >= 15 is 0 Å². The molecule has 0 bridgehead atoms. The van der Waals surface area contributed by atoms with Crippen molar-refractivity contribution in [2.75, 3.05) is 6.54 Å². The molecule has 1 amide bonds. The van der Waals surface area contributed by atoms with Crippen molar-refractivity contribution in [3.8, 4) is 0 Å². The van der Waals surface area contributed by atoms with E-state index in [0.29, 0.717) is 36.1 Å². The third-order valence-corrected chi connectivity index (χ3v) is 3.16. The predicted octanol–water partition coefficient (Wildman–Crippen LogP) is 2.24. The second-order valence-electron chi connectivity index (χ2n) is 4.50. The number of benzene rings is 1. The minimum absolute atomic E-state index is 0.0651. The number of halogens is 2. The zero-order valence-electron chi connectivity index (χ0n) is 10.0. The Bertz CT molecular complexity index is 435. The summed E-state index contributed by atoms with van der Waals surface area (Å²) >= 11 is 5.93. The van der Waals surface area contributed by atoms with E-state index in [4.69, 9.17) is 11.6 Å². The fourth-order valence-electron chi connectivity index (χ4n) is 1.63. The standard InChI is InChI=1S/C13H16ClFN2O/c14-12-4-1-10(15)7-9(12)8-16-6-5-13(18)17-11-2-3-11/h1,4,7,11,16H,2-3,5-6,8H2,(H,17,18). The van der Waals surface area contributed by atoms with Crippen molar-refractivity contribution in [3.05, 3.63) is 34.6 Å². The second-order valence-corrected chi connectivity index (χ2v) is 4.91. The smallest absolute Gasteiger partial charge is 0.221 e. The third-order valence-electron chi connectivity index (χ3n) is 2.79. The first-order valence-corrected chi connectivity index (χ1v) is 6.47. The molecule has 1 saturated carbocycles. The van der Waals surface area contributed by atoms with Crippen molar-refractivity contribution in [2.24, 2.45) is 0 Å². The summed E-state index contributed by atoms with van der Waals surface area (Å²) in [5.41, 5.74) is 0.708. The highest BCUT2D eigenvalue weighted by atomic mass is 35.5. The lowest BCUT2D eigenvalue weighted by molar-refractivity contribution is -0.121. The molecule has 0 saturated heterocycles. The van der Waals surface area contributed by atoms with Crippen LogP contribution in [0, 0.1) is 5.82 Å². The van der Waals surface area contributed by atoms with Crippen LogP contribution < -0.4 is 10.6 Å². The van der Waals surface area contributed by atoms with Crippen molar-refractivity contribution in [2.45, 2.75) is 31.8 Å². The Labute approximate surface area is 111 Å². The lowest BCUT2D eigenvalue weighted by Crippen LogP contribution is -2.29. The van der Waals surface area contributed by atoms with Crippen LogP contribution in [0.4, 0.5) is 4.39 Å². The SMILES string of the molecule is O=C(CCNCc1cc(F)ccc1Cl)NC1CC1. The topological polar surface area (TPSA) is 41.1 Å². The van der Waals surface area contributed by atoms with Crippen LogP contribution in [0.15, 0.2) is 18.2 Å². The van der Waals surface area contributed by atoms with Gasteiger partial charge in [0.05, 0.1) is 0 Å². The Morgan fingerprint density at radius 2 is 2.22 bits per heavy atom. The van der Waals surface area contributed by atoms with E-state index < -0.39 is 0 Å². The van der Waals surface area contributed by atoms with E-state index in [0.717, 1.165) is 12.8 Å². The van der Waals surface area contributed by atoms with Gasteiger partial charge in [-0.2, -0.15) is 0 Å². The lowest BCUT2D eigenvalue weighted by atomic mass is 10.2. The van der Waals surface area contributed by atoms with Gasteiger partial charge in [0, 0.05) is 30.6 Å². The van der Waals surface area contributed by atoms with Crippen molar-refractivity contribution >= 4 is 17.5 Å². The van der Waals surface area contributed by atoms with E-state index in [9.17, 15) is 9.18 Å². The van der Waals surface area contributed by atoms with Crippen LogP contribution in [0.3, 0.4) is 0 Å². The molecule has 5 heteroatoms. The highest BCUT2D eigenvalue weighted by molar-refractivity contribution is 6.31. The van der Waals surface area contributed by atoms with Crippen LogP contribution in [-0.4, -0.2) is 18.5 Å². The molecule has 0 radical (unpaired) electrons. The highest BCUT2D eigenvalue weighted by Crippen LogP contribution is 2.18. The molecule has 2 N–H and O–H groups in total. The Kier molecular flexibility index (Phi) is 4.55. The molecule has 2 rings (SSSR count). The van der Waals surface area contributed by atoms with E-state index in [1.807, 2.05) is 0 Å². The molecule has 1 aliphatic rings. The fraction of sp³-hybridized carbons (Fsp3) is 0.462. The van der Waals surface area contributed by atoms with Gasteiger partial charge in [-0.25, -0.2) is 4.39 Å². The maximum Gasteiger partial charge on any atom is 0.221 e. The molecule has 0 unspecified atom stereocenters. The van der Waals surface area contributed by atoms with Gasteiger partial charge in [-0.3, -0.25) is 4.79 Å². The lowest BCUT2D eigenvalue weighted by Gasteiger charge is -2.07. The van der Waals surface area contributed by atoms with Gasteiger partial charge in [-0.15, -0.1) is 0 Å². The quantitative estimate of drug-likeness (QED) is 0.779. The Hall–Kier alpha value is -1.13. The Morgan fingerprint density at radius 3 is 2.94 bits per heavy atom. The van der Waals surface area contributed by atoms with Crippen LogP contribution in [0.5, 0.6) is 0 Å². The maximum atomic E-state index is 13.0. The number of rotatable bonds is 6. The zero-order chi connectivity index (χ0) is 13.0.